The third kappa shape index (κ3) is 4.40. The fourth-order valence-corrected chi connectivity index (χ4v) is 3.09. The van der Waals surface area contributed by atoms with Crippen LogP contribution in [0.25, 0.3) is 0 Å². The lowest BCUT2D eigenvalue weighted by Crippen LogP contribution is -2.13. The molecule has 1 aliphatic rings. The van der Waals surface area contributed by atoms with Gasteiger partial charge in [-0.15, -0.1) is 0 Å². The fraction of sp³-hybridized carbons (Fsp3) is 0.381. The van der Waals surface area contributed by atoms with E-state index in [9.17, 15) is 4.79 Å². The minimum atomic E-state index is -0.110. The number of ether oxygens (including phenoxy) is 3. The maximum atomic E-state index is 12.0. The van der Waals surface area contributed by atoms with Gasteiger partial charge in [0.1, 0.15) is 5.75 Å². The number of carbonyl (C=O) groups is 1. The van der Waals surface area contributed by atoms with Crippen LogP contribution in [0.15, 0.2) is 54.6 Å². The molecule has 0 unspecified atom stereocenters. The molecule has 132 valence electrons. The number of rotatable bonds is 8. The van der Waals surface area contributed by atoms with Crippen molar-refractivity contribution in [2.75, 3.05) is 13.7 Å². The predicted molar refractivity (Wildman–Crippen MR) is 95.2 cm³/mol. The Balaban J connectivity index is 1.68. The highest BCUT2D eigenvalue weighted by Crippen LogP contribution is 2.50. The van der Waals surface area contributed by atoms with E-state index in [1.807, 2.05) is 49.4 Å². The molecule has 4 heteroatoms. The van der Waals surface area contributed by atoms with Crippen molar-refractivity contribution in [3.63, 3.8) is 0 Å². The van der Waals surface area contributed by atoms with Crippen molar-refractivity contribution in [1.82, 2.24) is 0 Å². The number of hydrogen-bond acceptors (Lipinski definition) is 4. The van der Waals surface area contributed by atoms with Crippen molar-refractivity contribution in [1.29, 1.82) is 0 Å². The van der Waals surface area contributed by atoms with E-state index in [1.54, 1.807) is 7.11 Å². The van der Waals surface area contributed by atoms with E-state index in [1.165, 1.54) is 0 Å². The highest BCUT2D eigenvalue weighted by Gasteiger charge is 2.49. The summed E-state index contributed by atoms with van der Waals surface area (Å²) in [5.74, 6) is 0.843. The molecule has 1 aliphatic carbocycles. The van der Waals surface area contributed by atoms with Crippen LogP contribution in [0.4, 0.5) is 0 Å². The molecule has 4 nitrogen and oxygen atoms in total. The molecule has 0 heterocycles. The summed E-state index contributed by atoms with van der Waals surface area (Å²) in [6.07, 6.45) is 0.721. The molecule has 3 atom stereocenters. The monoisotopic (exact) mass is 340 g/mol. The predicted octanol–water partition coefficient (Wildman–Crippen LogP) is 4.15. The molecule has 0 bridgehead atoms. The van der Waals surface area contributed by atoms with Gasteiger partial charge in [0.25, 0.3) is 0 Å². The summed E-state index contributed by atoms with van der Waals surface area (Å²) in [7, 11) is 1.65. The largest absolute Gasteiger partial charge is 0.497 e. The molecule has 25 heavy (non-hydrogen) atoms. The third-order valence-corrected chi connectivity index (χ3v) is 4.53. The minimum absolute atomic E-state index is 0.0546. The van der Waals surface area contributed by atoms with Gasteiger partial charge >= 0.3 is 5.97 Å². The second-order valence-corrected chi connectivity index (χ2v) is 6.25. The van der Waals surface area contributed by atoms with E-state index in [0.29, 0.717) is 13.2 Å². The van der Waals surface area contributed by atoms with Crippen LogP contribution in [-0.4, -0.2) is 19.7 Å². The maximum Gasteiger partial charge on any atom is 0.309 e. The Kier molecular flexibility index (Phi) is 5.71. The van der Waals surface area contributed by atoms with Gasteiger partial charge in [0.2, 0.25) is 0 Å². The van der Waals surface area contributed by atoms with Crippen molar-refractivity contribution in [3.8, 4) is 5.75 Å². The molecule has 1 fully saturated rings. The average molecular weight is 340 g/mol. The Morgan fingerprint density at radius 3 is 2.48 bits per heavy atom. The summed E-state index contributed by atoms with van der Waals surface area (Å²) in [5.41, 5.74) is 2.18. The standard InChI is InChI=1S/C21H24O4/c1-3-24-21(22)19-13-18(19)20(16-7-5-4-6-8-16)25-14-15-9-11-17(23-2)12-10-15/h4-12,18-20H,3,13-14H2,1-2H3/t18-,19-,20-/m1/s1. The lowest BCUT2D eigenvalue weighted by Gasteiger charge is -2.19. The Hall–Kier alpha value is -2.33. The highest BCUT2D eigenvalue weighted by atomic mass is 16.5. The molecule has 0 aromatic heterocycles. The summed E-state index contributed by atoms with van der Waals surface area (Å²) in [5, 5.41) is 0. The van der Waals surface area contributed by atoms with Gasteiger partial charge in [-0.1, -0.05) is 42.5 Å². The van der Waals surface area contributed by atoms with Crippen molar-refractivity contribution >= 4 is 5.97 Å². The van der Waals surface area contributed by atoms with Crippen LogP contribution in [0.2, 0.25) is 0 Å². The van der Waals surface area contributed by atoms with Crippen molar-refractivity contribution < 1.29 is 19.0 Å². The number of esters is 1. The molecule has 0 N–H and O–H groups in total. The zero-order valence-corrected chi connectivity index (χ0v) is 14.7. The number of methoxy groups -OCH3 is 1. The van der Waals surface area contributed by atoms with Crippen LogP contribution in [0, 0.1) is 11.8 Å². The molecular weight excluding hydrogens is 316 g/mol. The molecule has 0 saturated heterocycles. The third-order valence-electron chi connectivity index (χ3n) is 4.53. The molecule has 0 radical (unpaired) electrons. The topological polar surface area (TPSA) is 44.8 Å². The molecule has 2 aromatic rings. The fourth-order valence-electron chi connectivity index (χ4n) is 3.09. The van der Waals surface area contributed by atoms with E-state index < -0.39 is 0 Å². The van der Waals surface area contributed by atoms with Gasteiger partial charge in [0.15, 0.2) is 0 Å². The van der Waals surface area contributed by atoms with Crippen molar-refractivity contribution in [2.24, 2.45) is 11.8 Å². The molecular formula is C21H24O4. The first-order valence-electron chi connectivity index (χ1n) is 8.69. The van der Waals surface area contributed by atoms with Crippen LogP contribution < -0.4 is 4.74 Å². The van der Waals surface area contributed by atoms with Crippen LogP contribution >= 0.6 is 0 Å². The Bertz CT molecular complexity index is 681. The van der Waals surface area contributed by atoms with Gasteiger partial charge in [-0.05, 0) is 36.6 Å². The van der Waals surface area contributed by atoms with E-state index in [2.05, 4.69) is 12.1 Å². The number of carbonyl (C=O) groups excluding carboxylic acids is 1. The van der Waals surface area contributed by atoms with Gasteiger partial charge in [-0.3, -0.25) is 4.79 Å². The summed E-state index contributed by atoms with van der Waals surface area (Å²) in [6, 6.07) is 17.9. The van der Waals surface area contributed by atoms with Gasteiger partial charge in [0.05, 0.1) is 32.3 Å². The van der Waals surface area contributed by atoms with Crippen LogP contribution in [-0.2, 0) is 20.9 Å². The first-order valence-corrected chi connectivity index (χ1v) is 8.69. The van der Waals surface area contributed by atoms with Crippen LogP contribution in [0.1, 0.15) is 30.6 Å². The average Bonchev–Trinajstić information content (AvgIpc) is 3.44. The van der Waals surface area contributed by atoms with Crippen molar-refractivity contribution in [3.05, 3.63) is 65.7 Å². The zero-order chi connectivity index (χ0) is 17.6. The first-order chi connectivity index (χ1) is 12.2. The second kappa shape index (κ2) is 8.17. The second-order valence-electron chi connectivity index (χ2n) is 6.25. The Labute approximate surface area is 148 Å². The van der Waals surface area contributed by atoms with Gasteiger partial charge in [-0.2, -0.15) is 0 Å². The SMILES string of the molecule is CCOC(=O)[C@@H]1C[C@H]1[C@H](OCc1ccc(OC)cc1)c1ccccc1. The number of hydrogen-bond donors (Lipinski definition) is 0. The normalized spacial score (nSPS) is 19.9. The van der Waals surface area contributed by atoms with E-state index >= 15 is 0 Å². The summed E-state index contributed by atoms with van der Waals surface area (Å²) < 4.78 is 16.6. The van der Waals surface area contributed by atoms with Crippen LogP contribution in [0.5, 0.6) is 5.75 Å². The molecule has 1 saturated carbocycles. The maximum absolute atomic E-state index is 12.0. The zero-order valence-electron chi connectivity index (χ0n) is 14.7. The number of benzene rings is 2. The molecule has 0 amide bonds. The van der Waals surface area contributed by atoms with Gasteiger partial charge in [-0.25, -0.2) is 0 Å². The van der Waals surface area contributed by atoms with E-state index in [-0.39, 0.29) is 23.9 Å². The smallest absolute Gasteiger partial charge is 0.309 e. The molecule has 3 rings (SSSR count). The summed E-state index contributed by atoms with van der Waals surface area (Å²) >= 11 is 0. The minimum Gasteiger partial charge on any atom is -0.497 e. The van der Waals surface area contributed by atoms with Gasteiger partial charge in [0, 0.05) is 5.92 Å². The highest BCUT2D eigenvalue weighted by molar-refractivity contribution is 5.75. The van der Waals surface area contributed by atoms with E-state index in [4.69, 9.17) is 14.2 Å². The lowest BCUT2D eigenvalue weighted by molar-refractivity contribution is -0.145. The Morgan fingerprint density at radius 1 is 1.12 bits per heavy atom. The summed E-state index contributed by atoms with van der Waals surface area (Å²) in [6.45, 7) is 2.75. The quantitative estimate of drug-likeness (QED) is 0.677. The Morgan fingerprint density at radius 2 is 1.84 bits per heavy atom. The first kappa shape index (κ1) is 17.5. The molecule has 0 aliphatic heterocycles. The van der Waals surface area contributed by atoms with E-state index in [0.717, 1.165) is 23.3 Å². The van der Waals surface area contributed by atoms with Crippen molar-refractivity contribution in [2.45, 2.75) is 26.1 Å². The lowest BCUT2D eigenvalue weighted by atomic mass is 10.0. The van der Waals surface area contributed by atoms with Gasteiger partial charge < -0.3 is 14.2 Å². The van der Waals surface area contributed by atoms with Crippen LogP contribution in [0.3, 0.4) is 0 Å². The summed E-state index contributed by atoms with van der Waals surface area (Å²) in [4.78, 5) is 12.0. The molecule has 2 aromatic carbocycles. The molecule has 0 spiro atoms.